The number of carbonyl (C=O) groups excluding carboxylic acids is 1. The van der Waals surface area contributed by atoms with E-state index in [0.717, 1.165) is 11.1 Å². The molecule has 0 bridgehead atoms. The Morgan fingerprint density at radius 2 is 1.68 bits per heavy atom. The number of carbonyl (C=O) groups is 2. The fraction of sp³-hybridized carbons (Fsp3) is 0.250. The average Bonchev–Trinajstić information content (AvgIpc) is 2.74. The second kappa shape index (κ2) is 11.4. The highest BCUT2D eigenvalue weighted by atomic mass is 16.5. The second-order valence-electron chi connectivity index (χ2n) is 7.12. The monoisotopic (exact) mass is 422 g/mol. The van der Waals surface area contributed by atoms with Crippen LogP contribution in [0.15, 0.2) is 77.0 Å². The van der Waals surface area contributed by atoms with Gasteiger partial charge in [0.05, 0.1) is 12.3 Å². The summed E-state index contributed by atoms with van der Waals surface area (Å²) in [6, 6.07) is 12.4. The Morgan fingerprint density at radius 1 is 1.00 bits per heavy atom. The molecule has 7 heteroatoms. The van der Waals surface area contributed by atoms with Gasteiger partial charge in [0.2, 0.25) is 0 Å². The minimum Gasteiger partial charge on any atom is -0.506 e. The van der Waals surface area contributed by atoms with Crippen molar-refractivity contribution >= 4 is 23.3 Å². The Hall–Kier alpha value is -3.74. The van der Waals surface area contributed by atoms with Crippen molar-refractivity contribution in [3.05, 3.63) is 77.9 Å². The summed E-state index contributed by atoms with van der Waals surface area (Å²) in [6.45, 7) is 8.93. The van der Waals surface area contributed by atoms with Crippen molar-refractivity contribution in [3.63, 3.8) is 0 Å². The van der Waals surface area contributed by atoms with Gasteiger partial charge in [0.1, 0.15) is 11.4 Å². The Labute approximate surface area is 181 Å². The van der Waals surface area contributed by atoms with Crippen LogP contribution in [0.5, 0.6) is 5.75 Å². The number of aliphatic carboxylic acids is 1. The number of phenolic OH excluding ortho intramolecular Hbond substituents is 1. The third-order valence-electron chi connectivity index (χ3n) is 4.47. The molecule has 162 valence electrons. The number of hydrogen-bond acceptors (Lipinski definition) is 6. The third-order valence-corrected chi connectivity index (χ3v) is 4.47. The van der Waals surface area contributed by atoms with Gasteiger partial charge in [0.15, 0.2) is 0 Å². The van der Waals surface area contributed by atoms with E-state index in [0.29, 0.717) is 42.6 Å². The molecule has 2 N–H and O–H groups in total. The number of phenols is 1. The van der Waals surface area contributed by atoms with Crippen molar-refractivity contribution in [1.82, 2.24) is 0 Å². The van der Waals surface area contributed by atoms with Crippen LogP contribution in [-0.4, -0.2) is 28.8 Å². The van der Waals surface area contributed by atoms with E-state index in [9.17, 15) is 14.7 Å². The number of ether oxygens (including phenoxy) is 1. The number of azo groups is 1. The minimum atomic E-state index is -0.987. The second-order valence-corrected chi connectivity index (χ2v) is 7.12. The number of rotatable bonds is 11. The summed E-state index contributed by atoms with van der Waals surface area (Å²) in [4.78, 5) is 22.2. The summed E-state index contributed by atoms with van der Waals surface area (Å²) in [5.74, 6) is -1.38. The molecule has 0 fully saturated rings. The molecule has 0 radical (unpaired) electrons. The Morgan fingerprint density at radius 3 is 2.32 bits per heavy atom. The van der Waals surface area contributed by atoms with Crippen LogP contribution in [0.3, 0.4) is 0 Å². The first-order valence-corrected chi connectivity index (χ1v) is 9.82. The van der Waals surface area contributed by atoms with Crippen molar-refractivity contribution in [2.75, 3.05) is 6.61 Å². The standard InChI is InChI=1S/C24H26N2O5/c1-16(2)24(30)31-14-13-18-7-10-20(11-8-18)25-26-21-15-19(9-12-22(21)27)6-4-5-17(3)23(28)29/h7-12,15,27H,1,3-6,13-14H2,2H3,(H,28,29)/b26-25+. The van der Waals surface area contributed by atoms with Crippen molar-refractivity contribution in [2.24, 2.45) is 10.2 Å². The number of aryl methyl sites for hydroxylation is 1. The Bertz CT molecular complexity index is 994. The van der Waals surface area contributed by atoms with Gasteiger partial charge in [-0.1, -0.05) is 31.4 Å². The van der Waals surface area contributed by atoms with E-state index in [1.165, 1.54) is 0 Å². The minimum absolute atomic E-state index is 0.0124. The van der Waals surface area contributed by atoms with E-state index in [-0.39, 0.29) is 17.9 Å². The molecule has 0 aliphatic carbocycles. The summed E-state index contributed by atoms with van der Waals surface area (Å²) >= 11 is 0. The highest BCUT2D eigenvalue weighted by molar-refractivity contribution is 5.87. The molecule has 0 amide bonds. The molecule has 0 spiro atoms. The van der Waals surface area contributed by atoms with Crippen molar-refractivity contribution in [2.45, 2.75) is 32.6 Å². The lowest BCUT2D eigenvalue weighted by Crippen LogP contribution is -2.07. The van der Waals surface area contributed by atoms with Gasteiger partial charge in [0.25, 0.3) is 0 Å². The maximum Gasteiger partial charge on any atom is 0.333 e. The van der Waals surface area contributed by atoms with Crippen LogP contribution in [0.4, 0.5) is 11.4 Å². The van der Waals surface area contributed by atoms with Crippen LogP contribution in [0.25, 0.3) is 0 Å². The molecular formula is C24H26N2O5. The van der Waals surface area contributed by atoms with Crippen LogP contribution < -0.4 is 0 Å². The van der Waals surface area contributed by atoms with Gasteiger partial charge in [-0.05, 0) is 61.6 Å². The SMILES string of the molecule is C=C(C)C(=O)OCCc1ccc(/N=N/c2cc(CCCC(=C)C(=O)O)ccc2O)cc1. The van der Waals surface area contributed by atoms with Gasteiger partial charge >= 0.3 is 11.9 Å². The van der Waals surface area contributed by atoms with Crippen LogP contribution in [0.1, 0.15) is 30.9 Å². The smallest absolute Gasteiger partial charge is 0.333 e. The van der Waals surface area contributed by atoms with Gasteiger partial charge < -0.3 is 14.9 Å². The molecule has 31 heavy (non-hydrogen) atoms. The highest BCUT2D eigenvalue weighted by Gasteiger charge is 2.06. The lowest BCUT2D eigenvalue weighted by atomic mass is 10.0. The van der Waals surface area contributed by atoms with E-state index in [2.05, 4.69) is 23.4 Å². The molecule has 7 nitrogen and oxygen atoms in total. The van der Waals surface area contributed by atoms with Gasteiger partial charge in [0, 0.05) is 17.6 Å². The van der Waals surface area contributed by atoms with Crippen LogP contribution in [0.2, 0.25) is 0 Å². The zero-order chi connectivity index (χ0) is 22.8. The summed E-state index contributed by atoms with van der Waals surface area (Å²) < 4.78 is 5.08. The maximum atomic E-state index is 11.4. The van der Waals surface area contributed by atoms with E-state index in [4.69, 9.17) is 9.84 Å². The van der Waals surface area contributed by atoms with Gasteiger partial charge in [-0.15, -0.1) is 5.11 Å². The van der Waals surface area contributed by atoms with E-state index in [1.54, 1.807) is 37.3 Å². The summed E-state index contributed by atoms with van der Waals surface area (Å²) in [5.41, 5.74) is 3.41. The zero-order valence-electron chi connectivity index (χ0n) is 17.5. The van der Waals surface area contributed by atoms with E-state index < -0.39 is 11.9 Å². The molecule has 0 aromatic heterocycles. The van der Waals surface area contributed by atoms with Gasteiger partial charge in [-0.3, -0.25) is 0 Å². The van der Waals surface area contributed by atoms with Gasteiger partial charge in [-0.25, -0.2) is 9.59 Å². The molecule has 2 aromatic carbocycles. The number of esters is 1. The number of aromatic hydroxyl groups is 1. The van der Waals surface area contributed by atoms with Crippen molar-refractivity contribution < 1.29 is 24.5 Å². The van der Waals surface area contributed by atoms with Crippen molar-refractivity contribution in [1.29, 1.82) is 0 Å². The summed E-state index contributed by atoms with van der Waals surface area (Å²) in [7, 11) is 0. The topological polar surface area (TPSA) is 109 Å². The predicted octanol–water partition coefficient (Wildman–Crippen LogP) is 5.43. The quantitative estimate of drug-likeness (QED) is 0.285. The predicted molar refractivity (Wildman–Crippen MR) is 118 cm³/mol. The number of carboxylic acid groups (broad SMARTS) is 1. The molecule has 2 aromatic rings. The van der Waals surface area contributed by atoms with E-state index >= 15 is 0 Å². The highest BCUT2D eigenvalue weighted by Crippen LogP contribution is 2.30. The molecule has 0 saturated carbocycles. The molecule has 0 aliphatic rings. The van der Waals surface area contributed by atoms with Crippen LogP contribution in [-0.2, 0) is 27.2 Å². The number of carboxylic acids is 1. The molecular weight excluding hydrogens is 396 g/mol. The summed E-state index contributed by atoms with van der Waals surface area (Å²) in [6.07, 6.45) is 2.24. The lowest BCUT2D eigenvalue weighted by molar-refractivity contribution is -0.138. The van der Waals surface area contributed by atoms with Crippen LogP contribution >= 0.6 is 0 Å². The first-order valence-electron chi connectivity index (χ1n) is 9.82. The molecule has 0 heterocycles. The van der Waals surface area contributed by atoms with E-state index in [1.807, 2.05) is 12.1 Å². The first-order chi connectivity index (χ1) is 14.8. The summed E-state index contributed by atoms with van der Waals surface area (Å²) in [5, 5.41) is 27.2. The fourth-order valence-corrected chi connectivity index (χ4v) is 2.64. The normalized spacial score (nSPS) is 10.7. The number of nitrogens with zero attached hydrogens (tertiary/aromatic N) is 2. The molecule has 0 unspecified atom stereocenters. The Kier molecular flexibility index (Phi) is 8.69. The molecule has 2 rings (SSSR count). The Balaban J connectivity index is 1.93. The van der Waals surface area contributed by atoms with Gasteiger partial charge in [-0.2, -0.15) is 5.11 Å². The molecule has 0 atom stereocenters. The third kappa shape index (κ3) is 7.89. The zero-order valence-corrected chi connectivity index (χ0v) is 17.5. The number of hydrogen-bond donors (Lipinski definition) is 2. The fourth-order valence-electron chi connectivity index (χ4n) is 2.64. The average molecular weight is 422 g/mol. The first kappa shape index (κ1) is 23.5. The molecule has 0 aliphatic heterocycles. The lowest BCUT2D eigenvalue weighted by Gasteiger charge is -2.05. The maximum absolute atomic E-state index is 11.4. The van der Waals surface area contributed by atoms with Crippen molar-refractivity contribution in [3.8, 4) is 5.75 Å². The largest absolute Gasteiger partial charge is 0.506 e. The molecule has 0 saturated heterocycles. The van der Waals surface area contributed by atoms with Crippen LogP contribution in [0, 0.1) is 0 Å². The number of benzene rings is 2.